The van der Waals surface area contributed by atoms with Gasteiger partial charge in [-0.05, 0) is 44.9 Å². The molecular formula is C14H21BrN2O. The van der Waals surface area contributed by atoms with Crippen molar-refractivity contribution in [3.8, 4) is 0 Å². The van der Waals surface area contributed by atoms with Gasteiger partial charge >= 0.3 is 0 Å². The van der Waals surface area contributed by atoms with Gasteiger partial charge in [-0.1, -0.05) is 28.1 Å². The van der Waals surface area contributed by atoms with E-state index < -0.39 is 0 Å². The van der Waals surface area contributed by atoms with Crippen LogP contribution in [0.5, 0.6) is 0 Å². The van der Waals surface area contributed by atoms with Crippen LogP contribution in [0.1, 0.15) is 31.9 Å². The second-order valence-corrected chi connectivity index (χ2v) is 6.34. The van der Waals surface area contributed by atoms with Gasteiger partial charge in [0.2, 0.25) is 5.91 Å². The smallest absolute Gasteiger partial charge is 0.234 e. The number of halogens is 1. The van der Waals surface area contributed by atoms with Crippen molar-refractivity contribution in [3.63, 3.8) is 0 Å². The third-order valence-corrected chi connectivity index (χ3v) is 3.24. The van der Waals surface area contributed by atoms with E-state index in [0.717, 1.165) is 4.47 Å². The van der Waals surface area contributed by atoms with Crippen molar-refractivity contribution in [3.05, 3.63) is 33.8 Å². The molecule has 1 aromatic rings. The standard InChI is InChI=1S/C14H21BrN2O/c1-10-7-11(5-6-12(10)15)8-16-9-13(18)17-14(2,3)4/h5-7,16H,8-9H2,1-4H3,(H,17,18). The zero-order valence-corrected chi connectivity index (χ0v) is 13.0. The molecule has 0 atom stereocenters. The number of hydrogen-bond donors (Lipinski definition) is 2. The Bertz CT molecular complexity index is 424. The summed E-state index contributed by atoms with van der Waals surface area (Å²) in [6.07, 6.45) is 0. The lowest BCUT2D eigenvalue weighted by Crippen LogP contribution is -2.44. The molecule has 1 amide bonds. The zero-order chi connectivity index (χ0) is 13.8. The van der Waals surface area contributed by atoms with Gasteiger partial charge < -0.3 is 10.6 Å². The first-order chi connectivity index (χ1) is 8.28. The van der Waals surface area contributed by atoms with E-state index in [1.54, 1.807) is 0 Å². The average molecular weight is 313 g/mol. The molecule has 0 aliphatic rings. The molecule has 0 aliphatic carbocycles. The van der Waals surface area contributed by atoms with Gasteiger partial charge in [0.05, 0.1) is 6.54 Å². The number of carbonyl (C=O) groups is 1. The Morgan fingerprint density at radius 2 is 2.00 bits per heavy atom. The molecule has 18 heavy (non-hydrogen) atoms. The second kappa shape index (κ2) is 6.34. The van der Waals surface area contributed by atoms with Crippen LogP contribution in [0.15, 0.2) is 22.7 Å². The minimum atomic E-state index is -0.174. The number of nitrogens with one attached hydrogen (secondary N) is 2. The van der Waals surface area contributed by atoms with Gasteiger partial charge in [0.1, 0.15) is 0 Å². The van der Waals surface area contributed by atoms with E-state index in [2.05, 4.69) is 39.6 Å². The number of aryl methyl sites for hydroxylation is 1. The highest BCUT2D eigenvalue weighted by Crippen LogP contribution is 2.16. The lowest BCUT2D eigenvalue weighted by atomic mass is 10.1. The number of carbonyl (C=O) groups excluding carboxylic acids is 1. The number of hydrogen-bond acceptors (Lipinski definition) is 2. The average Bonchev–Trinajstić information content (AvgIpc) is 2.20. The molecule has 0 unspecified atom stereocenters. The maximum atomic E-state index is 11.6. The fraction of sp³-hybridized carbons (Fsp3) is 0.500. The summed E-state index contributed by atoms with van der Waals surface area (Å²) in [4.78, 5) is 11.6. The Kier molecular flexibility index (Phi) is 5.35. The predicted molar refractivity (Wildman–Crippen MR) is 78.5 cm³/mol. The third-order valence-electron chi connectivity index (χ3n) is 2.35. The van der Waals surface area contributed by atoms with Gasteiger partial charge in [-0.3, -0.25) is 4.79 Å². The lowest BCUT2D eigenvalue weighted by molar-refractivity contribution is -0.121. The van der Waals surface area contributed by atoms with Crippen molar-refractivity contribution < 1.29 is 4.79 Å². The van der Waals surface area contributed by atoms with Crippen LogP contribution in [0.3, 0.4) is 0 Å². The first-order valence-electron chi connectivity index (χ1n) is 6.05. The summed E-state index contributed by atoms with van der Waals surface area (Å²) < 4.78 is 1.11. The van der Waals surface area contributed by atoms with Gasteiger partial charge in [-0.15, -0.1) is 0 Å². The quantitative estimate of drug-likeness (QED) is 0.897. The molecule has 0 spiro atoms. The van der Waals surface area contributed by atoms with Crippen LogP contribution in [0.4, 0.5) is 0 Å². The Morgan fingerprint density at radius 1 is 1.33 bits per heavy atom. The topological polar surface area (TPSA) is 41.1 Å². The molecule has 0 aliphatic heterocycles. The Balaban J connectivity index is 2.38. The lowest BCUT2D eigenvalue weighted by Gasteiger charge is -2.20. The van der Waals surface area contributed by atoms with Gasteiger partial charge in [-0.25, -0.2) is 0 Å². The highest BCUT2D eigenvalue weighted by Gasteiger charge is 2.12. The highest BCUT2D eigenvalue weighted by molar-refractivity contribution is 9.10. The van der Waals surface area contributed by atoms with Gasteiger partial charge in [0.15, 0.2) is 0 Å². The molecule has 0 radical (unpaired) electrons. The summed E-state index contributed by atoms with van der Waals surface area (Å²) in [5, 5.41) is 6.06. The largest absolute Gasteiger partial charge is 0.350 e. The van der Waals surface area contributed by atoms with E-state index in [4.69, 9.17) is 0 Å². The molecule has 0 fully saturated rings. The number of benzene rings is 1. The molecule has 0 heterocycles. The number of amides is 1. The molecule has 0 aromatic heterocycles. The summed E-state index contributed by atoms with van der Waals surface area (Å²) >= 11 is 3.47. The Hall–Kier alpha value is -0.870. The SMILES string of the molecule is Cc1cc(CNCC(=O)NC(C)(C)C)ccc1Br. The van der Waals surface area contributed by atoms with Crippen LogP contribution in [-0.4, -0.2) is 18.0 Å². The fourth-order valence-electron chi connectivity index (χ4n) is 1.60. The van der Waals surface area contributed by atoms with Crippen molar-refractivity contribution in [1.29, 1.82) is 0 Å². The van der Waals surface area contributed by atoms with E-state index in [0.29, 0.717) is 13.1 Å². The van der Waals surface area contributed by atoms with Crippen molar-refractivity contribution >= 4 is 21.8 Å². The van der Waals surface area contributed by atoms with Crippen molar-refractivity contribution in [2.45, 2.75) is 39.8 Å². The van der Waals surface area contributed by atoms with Gasteiger partial charge in [-0.2, -0.15) is 0 Å². The predicted octanol–water partition coefficient (Wildman–Crippen LogP) is 2.76. The normalized spacial score (nSPS) is 11.4. The van der Waals surface area contributed by atoms with Crippen LogP contribution in [0.2, 0.25) is 0 Å². The monoisotopic (exact) mass is 312 g/mol. The molecule has 1 rings (SSSR count). The minimum Gasteiger partial charge on any atom is -0.350 e. The highest BCUT2D eigenvalue weighted by atomic mass is 79.9. The van der Waals surface area contributed by atoms with Gasteiger partial charge in [0.25, 0.3) is 0 Å². The molecule has 2 N–H and O–H groups in total. The van der Waals surface area contributed by atoms with Crippen LogP contribution < -0.4 is 10.6 Å². The summed E-state index contributed by atoms with van der Waals surface area (Å²) in [6, 6.07) is 6.19. The summed E-state index contributed by atoms with van der Waals surface area (Å²) in [5.41, 5.74) is 2.21. The summed E-state index contributed by atoms with van der Waals surface area (Å²) in [5.74, 6) is 0.0244. The van der Waals surface area contributed by atoms with E-state index in [-0.39, 0.29) is 11.4 Å². The molecule has 3 nitrogen and oxygen atoms in total. The van der Waals surface area contributed by atoms with Crippen LogP contribution >= 0.6 is 15.9 Å². The van der Waals surface area contributed by atoms with Crippen LogP contribution in [0, 0.1) is 6.92 Å². The second-order valence-electron chi connectivity index (χ2n) is 5.49. The Labute approximate surface area is 117 Å². The summed E-state index contributed by atoms with van der Waals surface area (Å²) in [6.45, 7) is 9.02. The first-order valence-corrected chi connectivity index (χ1v) is 6.84. The molecule has 0 bridgehead atoms. The Morgan fingerprint density at radius 3 is 2.56 bits per heavy atom. The van der Waals surface area contributed by atoms with E-state index in [9.17, 15) is 4.79 Å². The van der Waals surface area contributed by atoms with Crippen LogP contribution in [0.25, 0.3) is 0 Å². The maximum Gasteiger partial charge on any atom is 0.234 e. The first kappa shape index (κ1) is 15.2. The molecule has 100 valence electrons. The molecule has 1 aromatic carbocycles. The zero-order valence-electron chi connectivity index (χ0n) is 11.4. The van der Waals surface area contributed by atoms with Crippen molar-refractivity contribution in [2.24, 2.45) is 0 Å². The van der Waals surface area contributed by atoms with E-state index in [1.165, 1.54) is 11.1 Å². The van der Waals surface area contributed by atoms with E-state index in [1.807, 2.05) is 32.9 Å². The van der Waals surface area contributed by atoms with Crippen LogP contribution in [-0.2, 0) is 11.3 Å². The molecule has 0 saturated heterocycles. The third kappa shape index (κ3) is 5.65. The maximum absolute atomic E-state index is 11.6. The fourth-order valence-corrected chi connectivity index (χ4v) is 1.85. The molecule has 0 saturated carbocycles. The van der Waals surface area contributed by atoms with E-state index >= 15 is 0 Å². The summed E-state index contributed by atoms with van der Waals surface area (Å²) in [7, 11) is 0. The minimum absolute atomic E-state index is 0.0244. The van der Waals surface area contributed by atoms with Crippen molar-refractivity contribution in [1.82, 2.24) is 10.6 Å². The van der Waals surface area contributed by atoms with Gasteiger partial charge in [0, 0.05) is 16.6 Å². The van der Waals surface area contributed by atoms with Crippen molar-refractivity contribution in [2.75, 3.05) is 6.54 Å². The molecular weight excluding hydrogens is 292 g/mol. The molecule has 4 heteroatoms. The number of rotatable bonds is 4.